The first kappa shape index (κ1) is 10.0. The van der Waals surface area contributed by atoms with Gasteiger partial charge in [0, 0.05) is 9.03 Å². The van der Waals surface area contributed by atoms with Crippen molar-refractivity contribution in [1.82, 2.24) is 0 Å². The highest BCUT2D eigenvalue weighted by molar-refractivity contribution is 7.71. The lowest BCUT2D eigenvalue weighted by atomic mass is 10.4. The van der Waals surface area contributed by atoms with Crippen LogP contribution in [0.2, 0.25) is 0 Å². The van der Waals surface area contributed by atoms with Gasteiger partial charge in [-0.25, -0.2) is 0 Å². The third kappa shape index (κ3) is 2.30. The Labute approximate surface area is 82.4 Å². The number of benzene rings is 1. The molecule has 1 aliphatic heterocycles. The van der Waals surface area contributed by atoms with Crippen molar-refractivity contribution < 1.29 is 8.39 Å². The van der Waals surface area contributed by atoms with Crippen molar-refractivity contribution in [2.45, 2.75) is 0 Å². The van der Waals surface area contributed by atoms with Gasteiger partial charge >= 0.3 is 15.7 Å². The number of hydrogen-bond acceptors (Lipinski definition) is 3. The molecule has 1 aliphatic rings. The number of hydrogen-bond donors (Lipinski definition) is 0. The van der Waals surface area contributed by atoms with Crippen LogP contribution < -0.4 is 5.30 Å². The Kier molecular flexibility index (Phi) is 2.83. The normalized spacial score (nSPS) is 22.3. The van der Waals surface area contributed by atoms with E-state index in [-0.39, 0.29) is 8.52 Å². The summed E-state index contributed by atoms with van der Waals surface area (Å²) >= 11 is 0. The Balaban J connectivity index is 2.45. The van der Waals surface area contributed by atoms with Gasteiger partial charge in [-0.2, -0.15) is 0 Å². The molecule has 72 valence electrons. The molecule has 0 bridgehead atoms. The van der Waals surface area contributed by atoms with E-state index in [4.69, 9.17) is 0 Å². The summed E-state index contributed by atoms with van der Waals surface area (Å²) in [6.45, 7) is 0. The van der Waals surface area contributed by atoms with Gasteiger partial charge in [-0.05, 0) is 12.1 Å². The molecule has 2 rings (SSSR count). The fourth-order valence-electron chi connectivity index (χ4n) is 0.906. The van der Waals surface area contributed by atoms with E-state index < -0.39 is 15.7 Å². The highest BCUT2D eigenvalue weighted by Gasteiger charge is 2.30. The smallest absolute Gasteiger partial charge is 0.147 e. The van der Waals surface area contributed by atoms with Gasteiger partial charge in [-0.15, -0.1) is 12.9 Å². The molecule has 0 aromatic heterocycles. The molecule has 0 saturated carbocycles. The molecule has 1 aromatic carbocycles. The summed E-state index contributed by atoms with van der Waals surface area (Å²) in [5, 5.41) is 0.754. The maximum Gasteiger partial charge on any atom is 0.462 e. The van der Waals surface area contributed by atoms with Gasteiger partial charge in [0.1, 0.15) is 0 Å². The highest BCUT2D eigenvalue weighted by Crippen LogP contribution is 2.64. The molecule has 3 nitrogen and oxygen atoms in total. The highest BCUT2D eigenvalue weighted by atomic mass is 31.3. The van der Waals surface area contributed by atoms with Crippen LogP contribution in [0.3, 0.4) is 0 Å². The average Bonchev–Trinajstić information content (AvgIpc) is 2.18. The molecular weight excluding hydrogens is 245 g/mol. The van der Waals surface area contributed by atoms with E-state index in [9.17, 15) is 8.39 Å². The summed E-state index contributed by atoms with van der Waals surface area (Å²) in [7, 11) is -5.68. The van der Waals surface area contributed by atoms with Crippen molar-refractivity contribution in [2.24, 2.45) is 13.5 Å². The third-order valence-electron chi connectivity index (χ3n) is 1.45. The summed E-state index contributed by atoms with van der Waals surface area (Å²) in [5.41, 5.74) is 0. The first-order valence-corrected chi connectivity index (χ1v) is 7.20. The molecule has 0 spiro atoms. The predicted molar refractivity (Wildman–Crippen MR) is 56.3 cm³/mol. The van der Waals surface area contributed by atoms with Crippen LogP contribution in [0.25, 0.3) is 0 Å². The van der Waals surface area contributed by atoms with E-state index in [0.717, 1.165) is 5.30 Å². The number of rotatable bonds is 1. The molecule has 0 N–H and O–H groups in total. The van der Waals surface area contributed by atoms with Gasteiger partial charge in [-0.1, -0.05) is 18.2 Å². The van der Waals surface area contributed by atoms with E-state index in [1.165, 1.54) is 0 Å². The van der Waals surface area contributed by atoms with Crippen LogP contribution >= 0.6 is 24.2 Å². The van der Waals surface area contributed by atoms with Crippen molar-refractivity contribution in [1.29, 1.82) is 0 Å². The number of halogens is 2. The second-order valence-corrected chi connectivity index (χ2v) is 6.77. The first-order valence-electron chi connectivity index (χ1n) is 3.67. The number of nitrogens with zero attached hydrogens (tertiary/aromatic N) is 3. The summed E-state index contributed by atoms with van der Waals surface area (Å²) < 4.78 is 36.1. The molecule has 1 atom stereocenters. The van der Waals surface area contributed by atoms with Gasteiger partial charge in [0.2, 0.25) is 8.52 Å². The van der Waals surface area contributed by atoms with Gasteiger partial charge in [0.25, 0.3) is 0 Å². The molecule has 8 heteroatoms. The lowest BCUT2D eigenvalue weighted by molar-refractivity contribution is 0.728. The lowest BCUT2D eigenvalue weighted by Gasteiger charge is -1.94. The zero-order valence-corrected chi connectivity index (χ0v) is 9.51. The van der Waals surface area contributed by atoms with Gasteiger partial charge < -0.3 is 0 Å². The largest absolute Gasteiger partial charge is 0.462 e. The molecule has 0 amide bonds. The topological polar surface area (TPSA) is 37.1 Å². The Morgan fingerprint density at radius 3 is 2.57 bits per heavy atom. The van der Waals surface area contributed by atoms with Crippen LogP contribution in [-0.4, -0.2) is 0 Å². The van der Waals surface area contributed by atoms with Crippen LogP contribution in [0.5, 0.6) is 0 Å². The molecule has 0 fully saturated rings. The first-order chi connectivity index (χ1) is 6.67. The van der Waals surface area contributed by atoms with Crippen LogP contribution in [0.4, 0.5) is 8.39 Å². The quantitative estimate of drug-likeness (QED) is 0.639. The summed E-state index contributed by atoms with van der Waals surface area (Å²) in [6.07, 6.45) is 0. The van der Waals surface area contributed by atoms with Crippen molar-refractivity contribution >= 4 is 29.5 Å². The molecule has 0 aliphatic carbocycles. The summed E-state index contributed by atoms with van der Waals surface area (Å²) in [4.78, 5) is 0. The minimum Gasteiger partial charge on any atom is -0.147 e. The van der Waals surface area contributed by atoms with Gasteiger partial charge in [-0.3, -0.25) is 0 Å². The van der Waals surface area contributed by atoms with Gasteiger partial charge in [0.05, 0.1) is 0 Å². The van der Waals surface area contributed by atoms with Crippen molar-refractivity contribution in [3.63, 3.8) is 0 Å². The van der Waals surface area contributed by atoms with E-state index >= 15 is 0 Å². The van der Waals surface area contributed by atoms with E-state index in [2.05, 4.69) is 13.5 Å². The van der Waals surface area contributed by atoms with E-state index in [1.807, 2.05) is 6.07 Å². The third-order valence-corrected chi connectivity index (χ3v) is 5.93. The Hall–Kier alpha value is -0.490. The standard InChI is InChI=1S/C6H5F2N3P3/c7-14(8)10-12-9-13(11-14)6-4-2-1-3-5-6/h1-5H/q+1. The predicted octanol–water partition coefficient (Wildman–Crippen LogP) is 4.84. The van der Waals surface area contributed by atoms with Crippen LogP contribution in [0, 0.1) is 0 Å². The molecule has 0 saturated heterocycles. The van der Waals surface area contributed by atoms with Crippen molar-refractivity contribution in [3.8, 4) is 0 Å². The molecule has 1 heterocycles. The molecule has 1 unspecified atom stereocenters. The second kappa shape index (κ2) is 3.94. The maximum atomic E-state index is 12.9. The Bertz CT molecular complexity index is 451. The van der Waals surface area contributed by atoms with E-state index in [0.29, 0.717) is 0 Å². The van der Waals surface area contributed by atoms with Crippen molar-refractivity contribution in [2.75, 3.05) is 0 Å². The lowest BCUT2D eigenvalue weighted by Crippen LogP contribution is -1.91. The molecule has 0 radical (unpaired) electrons. The van der Waals surface area contributed by atoms with E-state index in [1.54, 1.807) is 24.3 Å². The van der Waals surface area contributed by atoms with Crippen molar-refractivity contribution in [3.05, 3.63) is 30.3 Å². The fraction of sp³-hybridized carbons (Fsp3) is 0. The summed E-state index contributed by atoms with van der Waals surface area (Å²) in [5.74, 6) is 0. The van der Waals surface area contributed by atoms with Crippen LogP contribution in [0.1, 0.15) is 0 Å². The molecule has 1 aromatic rings. The van der Waals surface area contributed by atoms with Crippen LogP contribution in [0.15, 0.2) is 43.9 Å². The Morgan fingerprint density at radius 1 is 1.21 bits per heavy atom. The minimum atomic E-state index is -4.39. The van der Waals surface area contributed by atoms with Crippen LogP contribution in [-0.2, 0) is 0 Å². The molecular formula is C6H5F2N3P3+. The zero-order valence-electron chi connectivity index (χ0n) is 6.83. The fourth-order valence-corrected chi connectivity index (χ4v) is 5.07. The summed E-state index contributed by atoms with van der Waals surface area (Å²) in [6, 6.07) is 8.95. The minimum absolute atomic E-state index is 0.116. The second-order valence-electron chi connectivity index (χ2n) is 2.44. The monoisotopic (exact) mass is 250 g/mol. The molecule has 14 heavy (non-hydrogen) atoms. The zero-order chi connectivity index (χ0) is 10.0. The average molecular weight is 250 g/mol. The maximum absolute atomic E-state index is 12.9. The Morgan fingerprint density at radius 2 is 1.93 bits per heavy atom. The SMILES string of the molecule is FP1(F)=N[P+](c2ccccc2)=NP=N1. The van der Waals surface area contributed by atoms with Gasteiger partial charge in [0.15, 0.2) is 5.30 Å².